The second kappa shape index (κ2) is 8.04. The van der Waals surface area contributed by atoms with Gasteiger partial charge in [-0.15, -0.1) is 0 Å². The molecule has 27 heavy (non-hydrogen) atoms. The van der Waals surface area contributed by atoms with Crippen molar-refractivity contribution in [2.45, 2.75) is 38.6 Å². The minimum atomic E-state index is 0.384. The second-order valence-corrected chi connectivity index (χ2v) is 6.91. The number of nitrogens with zero attached hydrogens (tertiary/aromatic N) is 4. The molecule has 0 aliphatic heterocycles. The summed E-state index contributed by atoms with van der Waals surface area (Å²) in [6.45, 7) is 8.00. The summed E-state index contributed by atoms with van der Waals surface area (Å²) in [6.07, 6.45) is 7.95. The average molecular weight is 362 g/mol. The van der Waals surface area contributed by atoms with Gasteiger partial charge in [0.05, 0.1) is 12.9 Å². The zero-order valence-electron chi connectivity index (χ0n) is 15.1. The van der Waals surface area contributed by atoms with Crippen molar-refractivity contribution in [1.82, 2.24) is 19.9 Å². The molecule has 1 aliphatic rings. The third kappa shape index (κ3) is 4.17. The average Bonchev–Trinajstić information content (AvgIpc) is 3.17. The Hall–Kier alpha value is -3.14. The molecule has 7 nitrogen and oxygen atoms in total. The number of nitrogens with one attached hydrogen (secondary N) is 2. The molecule has 2 N–H and O–H groups in total. The van der Waals surface area contributed by atoms with Gasteiger partial charge in [0, 0.05) is 11.3 Å². The summed E-state index contributed by atoms with van der Waals surface area (Å²) in [4.78, 5) is 19.7. The predicted octanol–water partition coefficient (Wildman–Crippen LogP) is 4.47. The van der Waals surface area contributed by atoms with Gasteiger partial charge >= 0.3 is 0 Å². The van der Waals surface area contributed by atoms with Crippen LogP contribution in [0.25, 0.3) is 16.0 Å². The molecular weight excluding hydrogens is 340 g/mol. The Morgan fingerprint density at radius 3 is 2.74 bits per heavy atom. The lowest BCUT2D eigenvalue weighted by atomic mass is 9.90. The predicted molar refractivity (Wildman–Crippen MR) is 104 cm³/mol. The van der Waals surface area contributed by atoms with E-state index in [9.17, 15) is 0 Å². The van der Waals surface area contributed by atoms with E-state index in [1.165, 1.54) is 32.1 Å². The van der Waals surface area contributed by atoms with Crippen molar-refractivity contribution < 1.29 is 4.74 Å². The number of fused-ring (bicyclic) bond motifs is 1. The first-order valence-electron chi connectivity index (χ1n) is 9.35. The fourth-order valence-corrected chi connectivity index (χ4v) is 3.43. The summed E-state index contributed by atoms with van der Waals surface area (Å²) >= 11 is 0. The smallest absolute Gasteiger partial charge is 0.245 e. The van der Waals surface area contributed by atoms with Gasteiger partial charge in [-0.2, -0.15) is 9.97 Å². The summed E-state index contributed by atoms with van der Waals surface area (Å²) < 4.78 is 6.05. The zero-order chi connectivity index (χ0) is 18.5. The van der Waals surface area contributed by atoms with Crippen LogP contribution in [-0.2, 0) is 6.54 Å². The van der Waals surface area contributed by atoms with Crippen molar-refractivity contribution in [3.8, 4) is 5.88 Å². The molecule has 7 heteroatoms. The number of anilines is 2. The van der Waals surface area contributed by atoms with E-state index in [0.29, 0.717) is 36.5 Å². The van der Waals surface area contributed by atoms with Gasteiger partial charge in [-0.05, 0) is 43.0 Å². The Morgan fingerprint density at radius 2 is 1.96 bits per heavy atom. The van der Waals surface area contributed by atoms with Crippen LogP contribution in [0.3, 0.4) is 0 Å². The van der Waals surface area contributed by atoms with Gasteiger partial charge in [-0.1, -0.05) is 19.3 Å². The molecule has 0 unspecified atom stereocenters. The second-order valence-electron chi connectivity index (χ2n) is 6.91. The minimum absolute atomic E-state index is 0.384. The first-order chi connectivity index (χ1) is 13.3. The minimum Gasteiger partial charge on any atom is -0.476 e. The maximum atomic E-state index is 6.94. The lowest BCUT2D eigenvalue weighted by Crippen LogP contribution is -2.16. The quantitative estimate of drug-likeness (QED) is 0.632. The highest BCUT2D eigenvalue weighted by Crippen LogP contribution is 2.27. The van der Waals surface area contributed by atoms with E-state index < -0.39 is 0 Å². The van der Waals surface area contributed by atoms with E-state index >= 15 is 0 Å². The summed E-state index contributed by atoms with van der Waals surface area (Å²) in [5, 5.41) is 3.20. The molecule has 0 atom stereocenters. The molecule has 3 aromatic rings. The number of aromatic nitrogens is 4. The molecule has 0 bridgehead atoms. The lowest BCUT2D eigenvalue weighted by Gasteiger charge is -2.21. The summed E-state index contributed by atoms with van der Waals surface area (Å²) in [5.41, 5.74) is 3.15. The van der Waals surface area contributed by atoms with Crippen molar-refractivity contribution in [3.05, 3.63) is 47.6 Å². The van der Waals surface area contributed by atoms with Gasteiger partial charge < -0.3 is 19.9 Å². The molecule has 138 valence electrons. The molecule has 2 aromatic heterocycles. The van der Waals surface area contributed by atoms with Crippen molar-refractivity contribution >= 4 is 22.8 Å². The van der Waals surface area contributed by atoms with Crippen LogP contribution in [0.2, 0.25) is 0 Å². The van der Waals surface area contributed by atoms with Gasteiger partial charge in [-0.3, -0.25) is 0 Å². The van der Waals surface area contributed by atoms with Gasteiger partial charge in [0.1, 0.15) is 5.52 Å². The summed E-state index contributed by atoms with van der Waals surface area (Å²) in [5.74, 6) is 1.58. The van der Waals surface area contributed by atoms with Crippen molar-refractivity contribution in [3.63, 3.8) is 0 Å². The van der Waals surface area contributed by atoms with Gasteiger partial charge in [0.2, 0.25) is 18.4 Å². The number of benzene rings is 1. The number of hydrogen-bond donors (Lipinski definition) is 2. The Kier molecular flexibility index (Phi) is 5.15. The Labute approximate surface area is 158 Å². The van der Waals surface area contributed by atoms with Crippen LogP contribution in [0, 0.1) is 12.5 Å². The number of aromatic amines is 1. The van der Waals surface area contributed by atoms with Crippen LogP contribution in [-0.4, -0.2) is 26.5 Å². The van der Waals surface area contributed by atoms with E-state index in [0.717, 1.165) is 16.8 Å². The highest BCUT2D eigenvalue weighted by molar-refractivity contribution is 5.77. The molecule has 4 rings (SSSR count). The van der Waals surface area contributed by atoms with Gasteiger partial charge in [0.25, 0.3) is 0 Å². The summed E-state index contributed by atoms with van der Waals surface area (Å²) in [6, 6.07) is 7.68. The van der Waals surface area contributed by atoms with E-state index in [1.54, 1.807) is 6.33 Å². The third-order valence-corrected chi connectivity index (χ3v) is 4.90. The topological polar surface area (TPSA) is 80.1 Å². The third-order valence-electron chi connectivity index (χ3n) is 4.90. The van der Waals surface area contributed by atoms with Crippen LogP contribution in [0.4, 0.5) is 11.6 Å². The number of hydrogen-bond acceptors (Lipinski definition) is 5. The fourth-order valence-electron chi connectivity index (χ4n) is 3.43. The molecule has 1 aromatic carbocycles. The normalized spacial score (nSPS) is 14.8. The molecule has 1 saturated carbocycles. The Balaban J connectivity index is 1.51. The van der Waals surface area contributed by atoms with E-state index in [-0.39, 0.29) is 0 Å². The van der Waals surface area contributed by atoms with Crippen LogP contribution in [0.5, 0.6) is 5.88 Å². The molecule has 2 heterocycles. The number of H-pyrrole nitrogens is 1. The first kappa shape index (κ1) is 17.3. The molecule has 1 aliphatic carbocycles. The van der Waals surface area contributed by atoms with Gasteiger partial charge in [-0.25, -0.2) is 11.6 Å². The maximum Gasteiger partial charge on any atom is 0.245 e. The SMILES string of the molecule is [C-]#[N+]Cc1ccc(Nc2nc(OCC3CCCCC3)c3[nH]cnc3n2)cc1. The summed E-state index contributed by atoms with van der Waals surface area (Å²) in [7, 11) is 0. The van der Waals surface area contributed by atoms with E-state index in [2.05, 4.69) is 30.1 Å². The molecular formula is C20H22N6O. The van der Waals surface area contributed by atoms with Gasteiger partial charge in [0.15, 0.2) is 5.65 Å². The van der Waals surface area contributed by atoms with Crippen molar-refractivity contribution in [2.24, 2.45) is 5.92 Å². The molecule has 0 saturated heterocycles. The molecule has 1 fully saturated rings. The van der Waals surface area contributed by atoms with E-state index in [1.807, 2.05) is 24.3 Å². The number of rotatable bonds is 6. The van der Waals surface area contributed by atoms with Crippen molar-refractivity contribution in [2.75, 3.05) is 11.9 Å². The highest BCUT2D eigenvalue weighted by atomic mass is 16.5. The van der Waals surface area contributed by atoms with Crippen molar-refractivity contribution in [1.29, 1.82) is 0 Å². The van der Waals surface area contributed by atoms with E-state index in [4.69, 9.17) is 11.3 Å². The van der Waals surface area contributed by atoms with Crippen LogP contribution in [0.15, 0.2) is 30.6 Å². The van der Waals surface area contributed by atoms with Crippen LogP contribution < -0.4 is 10.1 Å². The largest absolute Gasteiger partial charge is 0.476 e. The highest BCUT2D eigenvalue weighted by Gasteiger charge is 2.17. The molecule has 0 radical (unpaired) electrons. The number of imidazole rings is 1. The standard InChI is InChI=1S/C20H22N6O/c1-21-11-14-7-9-16(10-8-14)24-20-25-18-17(22-13-23-18)19(26-20)27-12-15-5-3-2-4-6-15/h7-10,13,15H,2-6,11-12H2,(H2,22,23,24,25,26). The Morgan fingerprint density at radius 1 is 1.15 bits per heavy atom. The zero-order valence-corrected chi connectivity index (χ0v) is 15.1. The number of ether oxygens (including phenoxy) is 1. The first-order valence-corrected chi connectivity index (χ1v) is 9.35. The lowest BCUT2D eigenvalue weighted by molar-refractivity contribution is 0.205. The Bertz CT molecular complexity index is 937. The van der Waals surface area contributed by atoms with Crippen LogP contribution >= 0.6 is 0 Å². The molecule has 0 amide bonds. The molecule has 0 spiro atoms. The maximum absolute atomic E-state index is 6.94. The fraction of sp³-hybridized carbons (Fsp3) is 0.400. The van der Waals surface area contributed by atoms with Crippen LogP contribution in [0.1, 0.15) is 37.7 Å². The monoisotopic (exact) mass is 362 g/mol.